The number of nitrogens with one attached hydrogen (secondary N) is 2. The number of hydrogen-bond acceptors (Lipinski definition) is 6. The van der Waals surface area contributed by atoms with Crippen molar-refractivity contribution in [2.45, 2.75) is 135 Å². The van der Waals surface area contributed by atoms with Crippen molar-refractivity contribution in [1.29, 1.82) is 0 Å². The standard InChI is InChI=1S/C38H59N3O4S/c1-3-5-25-39-36(42)19-12-10-8-6-7-9-11-13-20-37(43)40-26-23-38(44)45-35-18-14-16-31-30-32(21-22-34(31)35)41(27-4-2)28-24-33-17-15-29-46-33/h14-18,29,32H,3-13,19-28,30H2,1-2H3,(H,39,42)(H,40,43)/t32-/m0/s1. The zero-order valence-corrected chi connectivity index (χ0v) is 29.4. The van der Waals surface area contributed by atoms with E-state index in [0.717, 1.165) is 102 Å². The summed E-state index contributed by atoms with van der Waals surface area (Å²) < 4.78 is 5.80. The lowest BCUT2D eigenvalue weighted by molar-refractivity contribution is -0.134. The SMILES string of the molecule is CCCCNC(=O)CCCCCCCCCCC(=O)NCCC(=O)Oc1cccc2c1CC[C@H](N(CCC)CCc1cccs1)C2. The number of amides is 2. The minimum absolute atomic E-state index is 0.00357. The Kier molecular flexibility index (Phi) is 18.7. The van der Waals surface area contributed by atoms with Gasteiger partial charge >= 0.3 is 5.97 Å². The smallest absolute Gasteiger partial charge is 0.312 e. The van der Waals surface area contributed by atoms with Crippen LogP contribution < -0.4 is 15.4 Å². The van der Waals surface area contributed by atoms with E-state index in [1.54, 1.807) is 0 Å². The summed E-state index contributed by atoms with van der Waals surface area (Å²) in [5.41, 5.74) is 2.45. The van der Waals surface area contributed by atoms with Crippen molar-refractivity contribution in [3.8, 4) is 5.75 Å². The largest absolute Gasteiger partial charge is 0.426 e. The van der Waals surface area contributed by atoms with Crippen LogP contribution in [0.15, 0.2) is 35.7 Å². The molecule has 0 bridgehead atoms. The van der Waals surface area contributed by atoms with Gasteiger partial charge in [0.2, 0.25) is 11.8 Å². The summed E-state index contributed by atoms with van der Waals surface area (Å²) in [5.74, 6) is 0.572. The Bertz CT molecular complexity index is 1150. The first-order valence-corrected chi connectivity index (χ1v) is 19.0. The molecule has 0 unspecified atom stereocenters. The Hall–Kier alpha value is -2.71. The highest BCUT2D eigenvalue weighted by molar-refractivity contribution is 7.09. The van der Waals surface area contributed by atoms with Gasteiger partial charge in [-0.1, -0.05) is 77.0 Å². The molecular weight excluding hydrogens is 595 g/mol. The molecule has 2 N–H and O–H groups in total. The Morgan fingerprint density at radius 3 is 2.15 bits per heavy atom. The van der Waals surface area contributed by atoms with Gasteiger partial charge in [-0.05, 0) is 86.6 Å². The number of ether oxygens (including phenoxy) is 1. The molecule has 0 radical (unpaired) electrons. The number of unbranched alkanes of at least 4 members (excludes halogenated alkanes) is 8. The number of rotatable bonds is 24. The molecule has 0 spiro atoms. The second-order valence-electron chi connectivity index (χ2n) is 12.8. The van der Waals surface area contributed by atoms with Gasteiger partial charge in [-0.3, -0.25) is 19.3 Å². The number of nitrogens with zero attached hydrogens (tertiary/aromatic N) is 1. The van der Waals surface area contributed by atoms with Gasteiger partial charge < -0.3 is 15.4 Å². The van der Waals surface area contributed by atoms with Gasteiger partial charge in [0.1, 0.15) is 5.75 Å². The molecule has 0 aliphatic heterocycles. The van der Waals surface area contributed by atoms with Crippen LogP contribution in [-0.2, 0) is 33.6 Å². The molecule has 8 heteroatoms. The van der Waals surface area contributed by atoms with Crippen molar-refractivity contribution in [3.05, 3.63) is 51.7 Å². The lowest BCUT2D eigenvalue weighted by Gasteiger charge is -2.35. The van der Waals surface area contributed by atoms with Crippen LogP contribution in [0.5, 0.6) is 5.75 Å². The van der Waals surface area contributed by atoms with E-state index in [0.29, 0.717) is 31.2 Å². The van der Waals surface area contributed by atoms with Crippen molar-refractivity contribution in [2.24, 2.45) is 0 Å². The molecule has 2 aromatic rings. The predicted octanol–water partition coefficient (Wildman–Crippen LogP) is 7.79. The maximum atomic E-state index is 12.6. The molecular formula is C38H59N3O4S. The van der Waals surface area contributed by atoms with Crippen LogP contribution in [-0.4, -0.2) is 54.9 Å². The quantitative estimate of drug-likeness (QED) is 0.0686. The summed E-state index contributed by atoms with van der Waals surface area (Å²) in [6.07, 6.45) is 17.3. The van der Waals surface area contributed by atoms with Crippen molar-refractivity contribution < 1.29 is 19.1 Å². The summed E-state index contributed by atoms with van der Waals surface area (Å²) in [7, 11) is 0. The first-order valence-electron chi connectivity index (χ1n) is 18.1. The van der Waals surface area contributed by atoms with Crippen molar-refractivity contribution in [1.82, 2.24) is 15.5 Å². The summed E-state index contributed by atoms with van der Waals surface area (Å²) in [4.78, 5) is 40.7. The molecule has 2 amide bonds. The summed E-state index contributed by atoms with van der Waals surface area (Å²) >= 11 is 1.84. The average Bonchev–Trinajstić information content (AvgIpc) is 3.58. The Morgan fingerprint density at radius 2 is 1.50 bits per heavy atom. The minimum atomic E-state index is -0.295. The Labute approximate surface area is 282 Å². The van der Waals surface area contributed by atoms with E-state index in [2.05, 4.69) is 53.0 Å². The second kappa shape index (κ2) is 22.8. The van der Waals surface area contributed by atoms with E-state index in [1.807, 2.05) is 23.5 Å². The molecule has 0 saturated heterocycles. The molecule has 0 saturated carbocycles. The molecule has 1 atom stereocenters. The second-order valence-corrected chi connectivity index (χ2v) is 13.8. The van der Waals surface area contributed by atoms with Crippen LogP contribution >= 0.6 is 11.3 Å². The zero-order valence-electron chi connectivity index (χ0n) is 28.6. The van der Waals surface area contributed by atoms with E-state index in [1.165, 1.54) is 29.7 Å². The molecule has 1 aliphatic rings. The number of benzene rings is 1. The number of hydrogen-bond donors (Lipinski definition) is 2. The highest BCUT2D eigenvalue weighted by Gasteiger charge is 2.26. The molecule has 1 aromatic carbocycles. The summed E-state index contributed by atoms with van der Waals surface area (Å²) in [6, 6.07) is 11.0. The minimum Gasteiger partial charge on any atom is -0.426 e. The fraction of sp³-hybridized carbons (Fsp3) is 0.658. The van der Waals surface area contributed by atoms with Gasteiger partial charge in [-0.2, -0.15) is 0 Å². The molecule has 1 heterocycles. The van der Waals surface area contributed by atoms with Crippen molar-refractivity contribution in [2.75, 3.05) is 26.2 Å². The fourth-order valence-corrected chi connectivity index (χ4v) is 7.02. The first-order chi connectivity index (χ1) is 22.5. The van der Waals surface area contributed by atoms with E-state index >= 15 is 0 Å². The third kappa shape index (κ3) is 14.8. The summed E-state index contributed by atoms with van der Waals surface area (Å²) in [6.45, 7) is 7.67. The third-order valence-electron chi connectivity index (χ3n) is 8.95. The molecule has 256 valence electrons. The Balaban J connectivity index is 1.24. The van der Waals surface area contributed by atoms with Crippen LogP contribution in [0.3, 0.4) is 0 Å². The molecule has 0 fully saturated rings. The number of carbonyl (C=O) groups is 3. The van der Waals surface area contributed by atoms with Gasteiger partial charge in [0, 0.05) is 43.4 Å². The lowest BCUT2D eigenvalue weighted by Crippen LogP contribution is -2.41. The lowest BCUT2D eigenvalue weighted by atomic mass is 9.86. The number of esters is 1. The monoisotopic (exact) mass is 653 g/mol. The third-order valence-corrected chi connectivity index (χ3v) is 9.89. The Morgan fingerprint density at radius 1 is 0.804 bits per heavy atom. The number of fused-ring (bicyclic) bond motifs is 1. The number of thiophene rings is 1. The maximum absolute atomic E-state index is 12.6. The molecule has 7 nitrogen and oxygen atoms in total. The van der Waals surface area contributed by atoms with Gasteiger partial charge in [-0.15, -0.1) is 11.3 Å². The van der Waals surface area contributed by atoms with E-state index in [9.17, 15) is 14.4 Å². The van der Waals surface area contributed by atoms with E-state index in [-0.39, 0.29) is 24.2 Å². The van der Waals surface area contributed by atoms with Crippen LogP contribution in [0.25, 0.3) is 0 Å². The first kappa shape index (κ1) is 37.7. The van der Waals surface area contributed by atoms with Crippen molar-refractivity contribution in [3.63, 3.8) is 0 Å². The molecule has 1 aromatic heterocycles. The molecule has 3 rings (SSSR count). The van der Waals surface area contributed by atoms with Gasteiger partial charge in [0.25, 0.3) is 0 Å². The molecule has 1 aliphatic carbocycles. The van der Waals surface area contributed by atoms with Crippen LogP contribution in [0.4, 0.5) is 0 Å². The fourth-order valence-electron chi connectivity index (χ4n) is 6.32. The van der Waals surface area contributed by atoms with Gasteiger partial charge in [0.15, 0.2) is 0 Å². The maximum Gasteiger partial charge on any atom is 0.312 e. The van der Waals surface area contributed by atoms with Gasteiger partial charge in [0.05, 0.1) is 6.42 Å². The van der Waals surface area contributed by atoms with Crippen LogP contribution in [0, 0.1) is 0 Å². The topological polar surface area (TPSA) is 87.7 Å². The molecule has 46 heavy (non-hydrogen) atoms. The van der Waals surface area contributed by atoms with Gasteiger partial charge in [-0.25, -0.2) is 0 Å². The zero-order chi connectivity index (χ0) is 32.8. The highest BCUT2D eigenvalue weighted by Crippen LogP contribution is 2.32. The number of carbonyl (C=O) groups excluding carboxylic acids is 3. The predicted molar refractivity (Wildman–Crippen MR) is 189 cm³/mol. The van der Waals surface area contributed by atoms with E-state index < -0.39 is 0 Å². The van der Waals surface area contributed by atoms with Crippen LogP contribution in [0.1, 0.15) is 126 Å². The van der Waals surface area contributed by atoms with Crippen molar-refractivity contribution >= 4 is 29.1 Å². The summed E-state index contributed by atoms with van der Waals surface area (Å²) in [5, 5.41) is 8.01. The normalized spacial score (nSPS) is 14.2. The van der Waals surface area contributed by atoms with E-state index in [4.69, 9.17) is 4.74 Å². The average molecular weight is 654 g/mol. The van der Waals surface area contributed by atoms with Crippen LogP contribution in [0.2, 0.25) is 0 Å². The highest BCUT2D eigenvalue weighted by atomic mass is 32.1.